The number of amides is 3. The Balaban J connectivity index is 1.67. The maximum absolute atomic E-state index is 13.7. The maximum Gasteiger partial charge on any atom is 0.257 e. The Morgan fingerprint density at radius 3 is 2.42 bits per heavy atom. The zero-order valence-electron chi connectivity index (χ0n) is 19.7. The van der Waals surface area contributed by atoms with Gasteiger partial charge in [0.15, 0.2) is 11.5 Å². The molecule has 0 radical (unpaired) electrons. The normalized spacial score (nSPS) is 15.2. The van der Waals surface area contributed by atoms with E-state index in [2.05, 4.69) is 22.6 Å². The van der Waals surface area contributed by atoms with Gasteiger partial charge in [-0.2, -0.15) is 0 Å². The van der Waals surface area contributed by atoms with E-state index in [1.54, 1.807) is 36.4 Å². The average molecular weight is 619 g/mol. The summed E-state index contributed by atoms with van der Waals surface area (Å²) < 4.78 is 11.6. The van der Waals surface area contributed by atoms with E-state index in [0.717, 1.165) is 14.0 Å². The fraction of sp³-hybridized carbons (Fsp3) is 0.222. The van der Waals surface area contributed by atoms with Crippen LogP contribution in [0.4, 0.5) is 5.69 Å². The van der Waals surface area contributed by atoms with Gasteiger partial charge in [0.2, 0.25) is 5.91 Å². The fourth-order valence-electron chi connectivity index (χ4n) is 4.20. The third-order valence-electron chi connectivity index (χ3n) is 6.01. The number of ether oxygens (including phenoxy) is 2. The average Bonchev–Trinajstić information content (AvgIpc) is 3.17. The van der Waals surface area contributed by atoms with Crippen molar-refractivity contribution in [1.82, 2.24) is 4.90 Å². The van der Waals surface area contributed by atoms with E-state index in [0.29, 0.717) is 34.2 Å². The van der Waals surface area contributed by atoms with Gasteiger partial charge in [0.25, 0.3) is 11.8 Å². The summed E-state index contributed by atoms with van der Waals surface area (Å²) in [5.74, 6) is -0.280. The second-order valence-electron chi connectivity index (χ2n) is 8.21. The Hall–Kier alpha value is -3.11. The third-order valence-corrected chi connectivity index (χ3v) is 6.96. The standard InChI is InChI=1S/C27H24ClIN2O5/c1-35-23-11-6-18(15-24(23)36-2)26(33)30(13-12-17-4-3-5-19(28)14-17)22-16-25(32)31(27(22)34)21-9-7-20(29)8-10-21/h3-11,14-15,22H,12-13,16H2,1-2H3. The third kappa shape index (κ3) is 5.49. The second kappa shape index (κ2) is 11.3. The van der Waals surface area contributed by atoms with Crippen LogP contribution in [-0.4, -0.2) is 49.4 Å². The maximum atomic E-state index is 13.7. The number of hydrogen-bond acceptors (Lipinski definition) is 5. The van der Waals surface area contributed by atoms with E-state index >= 15 is 0 Å². The van der Waals surface area contributed by atoms with Crippen molar-refractivity contribution in [1.29, 1.82) is 0 Å². The minimum absolute atomic E-state index is 0.0978. The van der Waals surface area contributed by atoms with E-state index in [4.69, 9.17) is 21.1 Å². The molecule has 1 atom stereocenters. The van der Waals surface area contributed by atoms with E-state index in [-0.39, 0.29) is 24.8 Å². The molecule has 7 nitrogen and oxygen atoms in total. The number of carbonyl (C=O) groups excluding carboxylic acids is 3. The van der Waals surface area contributed by atoms with Crippen LogP contribution >= 0.6 is 34.2 Å². The van der Waals surface area contributed by atoms with Crippen molar-refractivity contribution >= 4 is 57.6 Å². The summed E-state index contributed by atoms with van der Waals surface area (Å²) in [5, 5.41) is 0.585. The number of benzene rings is 3. The number of anilines is 1. The molecule has 0 aliphatic carbocycles. The van der Waals surface area contributed by atoms with Gasteiger partial charge >= 0.3 is 0 Å². The predicted molar refractivity (Wildman–Crippen MR) is 146 cm³/mol. The number of carbonyl (C=O) groups is 3. The molecule has 1 unspecified atom stereocenters. The predicted octanol–water partition coefficient (Wildman–Crippen LogP) is 4.98. The number of nitrogens with zero attached hydrogens (tertiary/aromatic N) is 2. The van der Waals surface area contributed by atoms with Crippen LogP contribution < -0.4 is 14.4 Å². The second-order valence-corrected chi connectivity index (χ2v) is 9.89. The van der Waals surface area contributed by atoms with Gasteiger partial charge in [0.05, 0.1) is 26.3 Å². The van der Waals surface area contributed by atoms with Gasteiger partial charge in [0.1, 0.15) is 6.04 Å². The van der Waals surface area contributed by atoms with E-state index in [1.165, 1.54) is 19.1 Å². The molecule has 0 N–H and O–H groups in total. The molecule has 1 aliphatic rings. The molecule has 0 spiro atoms. The Kier molecular flexibility index (Phi) is 8.15. The lowest BCUT2D eigenvalue weighted by atomic mass is 10.1. The monoisotopic (exact) mass is 618 g/mol. The molecule has 9 heteroatoms. The Bertz CT molecular complexity index is 1300. The highest BCUT2D eigenvalue weighted by Gasteiger charge is 2.44. The molecule has 36 heavy (non-hydrogen) atoms. The molecule has 1 heterocycles. The first-order chi connectivity index (χ1) is 17.3. The lowest BCUT2D eigenvalue weighted by Crippen LogP contribution is -2.46. The SMILES string of the molecule is COc1ccc(C(=O)N(CCc2cccc(Cl)c2)C2CC(=O)N(c3ccc(I)cc3)C2=O)cc1OC. The van der Waals surface area contributed by atoms with Crippen molar-refractivity contribution in [3.63, 3.8) is 0 Å². The summed E-state index contributed by atoms with van der Waals surface area (Å²) in [4.78, 5) is 42.8. The molecule has 0 aromatic heterocycles. The van der Waals surface area contributed by atoms with Crippen LogP contribution in [-0.2, 0) is 16.0 Å². The van der Waals surface area contributed by atoms with Crippen molar-refractivity contribution in [2.24, 2.45) is 0 Å². The molecule has 0 saturated carbocycles. The highest BCUT2D eigenvalue weighted by atomic mass is 127. The Morgan fingerprint density at radius 1 is 1.03 bits per heavy atom. The summed E-state index contributed by atoms with van der Waals surface area (Å²) in [6.45, 7) is 0.220. The summed E-state index contributed by atoms with van der Waals surface area (Å²) in [5.41, 5.74) is 1.73. The summed E-state index contributed by atoms with van der Waals surface area (Å²) in [7, 11) is 3.00. The zero-order valence-corrected chi connectivity index (χ0v) is 22.7. The van der Waals surface area contributed by atoms with E-state index < -0.39 is 11.9 Å². The van der Waals surface area contributed by atoms with Crippen LogP contribution in [0.2, 0.25) is 5.02 Å². The van der Waals surface area contributed by atoms with Crippen LogP contribution in [0.1, 0.15) is 22.3 Å². The lowest BCUT2D eigenvalue weighted by molar-refractivity contribution is -0.122. The Labute approximate surface area is 228 Å². The van der Waals surface area contributed by atoms with Crippen molar-refractivity contribution < 1.29 is 23.9 Å². The summed E-state index contributed by atoms with van der Waals surface area (Å²) in [6, 6.07) is 18.3. The molecular weight excluding hydrogens is 595 g/mol. The molecule has 1 fully saturated rings. The molecule has 3 aromatic carbocycles. The van der Waals surface area contributed by atoms with Crippen LogP contribution in [0, 0.1) is 3.57 Å². The van der Waals surface area contributed by atoms with Crippen molar-refractivity contribution in [2.75, 3.05) is 25.7 Å². The zero-order chi connectivity index (χ0) is 25.8. The number of imide groups is 1. The quantitative estimate of drug-likeness (QED) is 0.263. The van der Waals surface area contributed by atoms with Crippen molar-refractivity contribution in [3.8, 4) is 11.5 Å². The van der Waals surface area contributed by atoms with Gasteiger partial charge in [-0.25, -0.2) is 4.90 Å². The van der Waals surface area contributed by atoms with Gasteiger partial charge < -0.3 is 14.4 Å². The Morgan fingerprint density at radius 2 is 1.75 bits per heavy atom. The minimum atomic E-state index is -0.934. The van der Waals surface area contributed by atoms with Crippen molar-refractivity contribution in [2.45, 2.75) is 18.9 Å². The highest BCUT2D eigenvalue weighted by Crippen LogP contribution is 2.31. The topological polar surface area (TPSA) is 76.2 Å². The molecule has 186 valence electrons. The first-order valence-electron chi connectivity index (χ1n) is 11.2. The molecule has 3 aromatic rings. The van der Waals surface area contributed by atoms with Crippen LogP contribution in [0.15, 0.2) is 66.7 Å². The highest BCUT2D eigenvalue weighted by molar-refractivity contribution is 14.1. The number of halogens is 2. The van der Waals surface area contributed by atoms with Crippen LogP contribution in [0.3, 0.4) is 0 Å². The first-order valence-corrected chi connectivity index (χ1v) is 12.7. The largest absolute Gasteiger partial charge is 0.493 e. The number of rotatable bonds is 8. The minimum Gasteiger partial charge on any atom is -0.493 e. The van der Waals surface area contributed by atoms with Crippen molar-refractivity contribution in [3.05, 3.63) is 86.4 Å². The molecule has 4 rings (SSSR count). The van der Waals surface area contributed by atoms with Gasteiger partial charge in [-0.15, -0.1) is 0 Å². The summed E-state index contributed by atoms with van der Waals surface area (Å²) >= 11 is 8.30. The molecule has 3 amide bonds. The molecule has 1 aliphatic heterocycles. The van der Waals surface area contributed by atoms with Gasteiger partial charge in [-0.3, -0.25) is 14.4 Å². The van der Waals surface area contributed by atoms with E-state index in [9.17, 15) is 14.4 Å². The molecule has 1 saturated heterocycles. The first kappa shape index (κ1) is 26.0. The number of methoxy groups -OCH3 is 2. The molecule has 0 bridgehead atoms. The lowest BCUT2D eigenvalue weighted by Gasteiger charge is -2.28. The van der Waals surface area contributed by atoms with Crippen LogP contribution in [0.5, 0.6) is 11.5 Å². The van der Waals surface area contributed by atoms with Gasteiger partial charge in [0, 0.05) is 20.7 Å². The van der Waals surface area contributed by atoms with Gasteiger partial charge in [-0.05, 0) is 89.2 Å². The van der Waals surface area contributed by atoms with E-state index in [1.807, 2.05) is 30.3 Å². The van der Waals surface area contributed by atoms with Crippen LogP contribution in [0.25, 0.3) is 0 Å². The number of hydrogen-bond donors (Lipinski definition) is 0. The van der Waals surface area contributed by atoms with Gasteiger partial charge in [-0.1, -0.05) is 23.7 Å². The molecular formula is C27H24ClIN2O5. The fourth-order valence-corrected chi connectivity index (χ4v) is 4.77. The summed E-state index contributed by atoms with van der Waals surface area (Å²) in [6.07, 6.45) is 0.362. The smallest absolute Gasteiger partial charge is 0.257 e.